The molecule has 11 heteroatoms. The minimum atomic E-state index is -0.774. The van der Waals surface area contributed by atoms with Gasteiger partial charge in [0.2, 0.25) is 0 Å². The van der Waals surface area contributed by atoms with Gasteiger partial charge in [0, 0.05) is 24.0 Å². The van der Waals surface area contributed by atoms with Crippen LogP contribution in [0, 0.1) is 11.6 Å². The van der Waals surface area contributed by atoms with Gasteiger partial charge in [-0.3, -0.25) is 0 Å². The number of benzene rings is 1. The number of methoxy groups -OCH3 is 1. The number of nitrogens with one attached hydrogen (secondary N) is 1. The van der Waals surface area contributed by atoms with Gasteiger partial charge in [-0.25, -0.2) is 28.8 Å². The van der Waals surface area contributed by atoms with Crippen molar-refractivity contribution in [2.24, 2.45) is 0 Å². The minimum absolute atomic E-state index is 0.157. The van der Waals surface area contributed by atoms with Crippen molar-refractivity contribution in [1.82, 2.24) is 30.4 Å². The fourth-order valence-corrected chi connectivity index (χ4v) is 2.57. The molecule has 0 aliphatic carbocycles. The average Bonchev–Trinajstić information content (AvgIpc) is 3.15. The van der Waals surface area contributed by atoms with Crippen LogP contribution in [-0.4, -0.2) is 37.5 Å². The summed E-state index contributed by atoms with van der Waals surface area (Å²) in [6, 6.07) is 3.92. The molecule has 0 radical (unpaired) electrons. The number of aromatic amines is 1. The highest BCUT2D eigenvalue weighted by atomic mass is 19.1. The lowest BCUT2D eigenvalue weighted by atomic mass is 10.1. The molecule has 4 rings (SSSR count). The van der Waals surface area contributed by atoms with Crippen LogP contribution < -0.4 is 15.2 Å². The maximum atomic E-state index is 14.5. The van der Waals surface area contributed by atoms with E-state index in [4.69, 9.17) is 15.2 Å². The second-order valence-electron chi connectivity index (χ2n) is 5.72. The first-order valence-electron chi connectivity index (χ1n) is 7.99. The Morgan fingerprint density at radius 1 is 1.07 bits per heavy atom. The summed E-state index contributed by atoms with van der Waals surface area (Å²) in [4.78, 5) is 11.8. The Morgan fingerprint density at radius 2 is 1.79 bits per heavy atom. The van der Waals surface area contributed by atoms with Crippen LogP contribution in [-0.2, 0) is 6.61 Å². The Balaban J connectivity index is 1.60. The number of halogens is 2. The van der Waals surface area contributed by atoms with Crippen molar-refractivity contribution >= 4 is 17.0 Å². The molecule has 0 saturated heterocycles. The van der Waals surface area contributed by atoms with Gasteiger partial charge in [-0.1, -0.05) is 5.21 Å². The van der Waals surface area contributed by atoms with Crippen molar-refractivity contribution in [3.8, 4) is 22.9 Å². The van der Waals surface area contributed by atoms with Crippen LogP contribution in [0.4, 0.5) is 14.6 Å². The Hall–Kier alpha value is -3.89. The van der Waals surface area contributed by atoms with Gasteiger partial charge in [-0.05, 0) is 17.7 Å². The molecule has 1 aromatic carbocycles. The molecule has 3 N–H and O–H groups in total. The Bertz CT molecular complexity index is 1130. The Morgan fingerprint density at radius 3 is 2.46 bits per heavy atom. The summed E-state index contributed by atoms with van der Waals surface area (Å²) in [7, 11) is 1.42. The second-order valence-corrected chi connectivity index (χ2v) is 5.72. The van der Waals surface area contributed by atoms with Crippen LogP contribution in [0.1, 0.15) is 5.56 Å². The summed E-state index contributed by atoms with van der Waals surface area (Å²) >= 11 is 0. The summed E-state index contributed by atoms with van der Waals surface area (Å²) in [5.74, 6) is -1.18. The van der Waals surface area contributed by atoms with Crippen LogP contribution in [0.3, 0.4) is 0 Å². The molecule has 0 amide bonds. The highest BCUT2D eigenvalue weighted by Crippen LogP contribution is 2.27. The van der Waals surface area contributed by atoms with Crippen molar-refractivity contribution in [3.05, 3.63) is 47.8 Å². The zero-order valence-corrected chi connectivity index (χ0v) is 14.5. The highest BCUT2D eigenvalue weighted by Gasteiger charge is 2.16. The zero-order valence-electron chi connectivity index (χ0n) is 14.5. The first-order valence-corrected chi connectivity index (χ1v) is 7.99. The van der Waals surface area contributed by atoms with E-state index in [9.17, 15) is 8.78 Å². The lowest BCUT2D eigenvalue weighted by molar-refractivity contribution is 0.295. The molecule has 28 heavy (non-hydrogen) atoms. The third-order valence-electron chi connectivity index (χ3n) is 3.94. The summed E-state index contributed by atoms with van der Waals surface area (Å²) < 4.78 is 39.4. The van der Waals surface area contributed by atoms with Crippen LogP contribution in [0.2, 0.25) is 0 Å². The maximum Gasteiger partial charge on any atom is 0.316 e. The number of nitrogen functional groups attached to an aromatic ring is 1. The van der Waals surface area contributed by atoms with E-state index in [1.807, 2.05) is 0 Å². The van der Waals surface area contributed by atoms with E-state index in [1.54, 1.807) is 0 Å². The number of aromatic nitrogens is 6. The fourth-order valence-electron chi connectivity index (χ4n) is 2.57. The number of nitrogens with two attached hydrogens (primary N) is 1. The highest BCUT2D eigenvalue weighted by molar-refractivity contribution is 5.78. The maximum absolute atomic E-state index is 14.5. The Kier molecular flexibility index (Phi) is 4.39. The number of ether oxygens (including phenoxy) is 2. The molecule has 0 bridgehead atoms. The number of H-pyrrole nitrogens is 1. The third kappa shape index (κ3) is 3.24. The molecule has 0 spiro atoms. The number of hydrogen-bond acceptors (Lipinski definition) is 8. The average molecular weight is 385 g/mol. The molecule has 0 aliphatic rings. The van der Waals surface area contributed by atoms with E-state index < -0.39 is 11.6 Å². The molecule has 0 saturated carbocycles. The normalized spacial score (nSPS) is 11.0. The monoisotopic (exact) mass is 385 g/mol. The third-order valence-corrected chi connectivity index (χ3v) is 3.94. The summed E-state index contributed by atoms with van der Waals surface area (Å²) in [5, 5.41) is 9.99. The first kappa shape index (κ1) is 17.5. The van der Waals surface area contributed by atoms with Crippen molar-refractivity contribution in [2.75, 3.05) is 12.8 Å². The molecule has 142 valence electrons. The Labute approximate surface area is 156 Å². The van der Waals surface area contributed by atoms with E-state index in [1.165, 1.54) is 37.7 Å². The van der Waals surface area contributed by atoms with Gasteiger partial charge in [-0.15, -0.1) is 5.10 Å². The van der Waals surface area contributed by atoms with E-state index in [-0.39, 0.29) is 35.3 Å². The van der Waals surface area contributed by atoms with E-state index in [2.05, 4.69) is 30.4 Å². The lowest BCUT2D eigenvalue weighted by Crippen LogP contribution is -2.04. The number of pyridine rings is 1. The largest absolute Gasteiger partial charge is 0.486 e. The molecule has 0 fully saturated rings. The summed E-state index contributed by atoms with van der Waals surface area (Å²) in [6.07, 6.45) is 2.83. The number of hydrogen-bond donors (Lipinski definition) is 2. The summed E-state index contributed by atoms with van der Waals surface area (Å²) in [6.45, 7) is -0.373. The van der Waals surface area contributed by atoms with Gasteiger partial charge in [-0.2, -0.15) is 0 Å². The minimum Gasteiger partial charge on any atom is -0.486 e. The van der Waals surface area contributed by atoms with Crippen molar-refractivity contribution in [3.63, 3.8) is 0 Å². The van der Waals surface area contributed by atoms with Crippen LogP contribution in [0.15, 0.2) is 30.6 Å². The lowest BCUT2D eigenvalue weighted by Gasteiger charge is -2.11. The predicted octanol–water partition coefficient (Wildman–Crippen LogP) is 2.26. The topological polar surface area (TPSA) is 125 Å². The van der Waals surface area contributed by atoms with Gasteiger partial charge in [0.1, 0.15) is 24.1 Å². The van der Waals surface area contributed by atoms with E-state index in [0.29, 0.717) is 16.7 Å². The molecule has 0 aliphatic heterocycles. The number of anilines is 1. The van der Waals surface area contributed by atoms with E-state index >= 15 is 0 Å². The van der Waals surface area contributed by atoms with Gasteiger partial charge in [0.25, 0.3) is 0 Å². The van der Waals surface area contributed by atoms with Crippen molar-refractivity contribution in [2.45, 2.75) is 6.61 Å². The smallest absolute Gasteiger partial charge is 0.316 e. The fraction of sp³-hybridized carbons (Fsp3) is 0.118. The molecule has 3 aromatic heterocycles. The quantitative estimate of drug-likeness (QED) is 0.536. The SMILES string of the molecule is COc1ncc(-c2cc(F)c(COc3cc(N)nc4[nH]nnc34)c(F)c2)cn1. The molecular weight excluding hydrogens is 372 g/mol. The van der Waals surface area contributed by atoms with Gasteiger partial charge >= 0.3 is 6.01 Å². The van der Waals surface area contributed by atoms with Crippen molar-refractivity contribution in [1.29, 1.82) is 0 Å². The zero-order chi connectivity index (χ0) is 19.7. The van der Waals surface area contributed by atoms with Gasteiger partial charge in [0.15, 0.2) is 16.9 Å². The van der Waals surface area contributed by atoms with Crippen LogP contribution >= 0.6 is 0 Å². The second kappa shape index (κ2) is 7.02. The molecule has 3 heterocycles. The van der Waals surface area contributed by atoms with E-state index in [0.717, 1.165) is 0 Å². The first-order chi connectivity index (χ1) is 13.5. The summed E-state index contributed by atoms with van der Waals surface area (Å²) in [5.41, 5.74) is 6.78. The number of nitrogens with zero attached hydrogens (tertiary/aromatic N) is 5. The van der Waals surface area contributed by atoms with Gasteiger partial charge < -0.3 is 15.2 Å². The molecule has 0 unspecified atom stereocenters. The van der Waals surface area contributed by atoms with Crippen molar-refractivity contribution < 1.29 is 18.3 Å². The number of rotatable bonds is 5. The van der Waals surface area contributed by atoms with Gasteiger partial charge in [0.05, 0.1) is 12.7 Å². The van der Waals surface area contributed by atoms with Crippen LogP contribution in [0.25, 0.3) is 22.3 Å². The standard InChI is InChI=1S/C17H13F2N7O2/c1-27-17-21-5-9(6-22-17)8-2-11(18)10(12(19)3-8)7-28-13-4-14(20)23-16-15(13)24-26-25-16/h2-6H,7H2,1H3,(H3,20,23,24,25,26). The predicted molar refractivity (Wildman–Crippen MR) is 94.4 cm³/mol. The molecular formula is C17H13F2N7O2. The van der Waals surface area contributed by atoms with Crippen LogP contribution in [0.5, 0.6) is 11.8 Å². The number of fused-ring (bicyclic) bond motifs is 1. The molecule has 0 atom stereocenters. The molecule has 4 aromatic rings. The molecule has 9 nitrogen and oxygen atoms in total.